The van der Waals surface area contributed by atoms with Crippen LogP contribution in [-0.2, 0) is 0 Å². The Morgan fingerprint density at radius 1 is 0.852 bits per heavy atom. The van der Waals surface area contributed by atoms with Crippen LogP contribution in [0.5, 0.6) is 0 Å². The highest BCUT2D eigenvalue weighted by Crippen LogP contribution is 2.22. The third kappa shape index (κ3) is 4.41. The van der Waals surface area contributed by atoms with Crippen LogP contribution in [-0.4, -0.2) is 11.8 Å². The number of hydrogen-bond donors (Lipinski definition) is 2. The molecule has 0 heterocycles. The van der Waals surface area contributed by atoms with E-state index in [1.54, 1.807) is 37.3 Å². The van der Waals surface area contributed by atoms with Gasteiger partial charge in [0.05, 0.1) is 5.56 Å². The number of nitrogens with one attached hydrogen (secondary N) is 2. The summed E-state index contributed by atoms with van der Waals surface area (Å²) >= 11 is 3.23. The molecule has 0 spiro atoms. The van der Waals surface area contributed by atoms with Crippen molar-refractivity contribution in [1.29, 1.82) is 0 Å². The lowest BCUT2D eigenvalue weighted by Gasteiger charge is -2.13. The lowest BCUT2D eigenvalue weighted by molar-refractivity contribution is 0.101. The molecule has 136 valence electrons. The number of carbonyl (C=O) groups is 2. The number of benzene rings is 3. The molecule has 3 aromatic carbocycles. The average molecular weight is 427 g/mol. The number of hydrogen-bond acceptors (Lipinski definition) is 2. The summed E-state index contributed by atoms with van der Waals surface area (Å²) in [5.74, 6) is -1.49. The number of carbonyl (C=O) groups excluding carboxylic acids is 2. The molecule has 0 saturated heterocycles. The summed E-state index contributed by atoms with van der Waals surface area (Å²) < 4.78 is 14.5. The Balaban J connectivity index is 1.83. The standard InChI is InChI=1S/C21H16BrFN2O2/c1-13-16(20(26)24-15-6-3-2-4-7-15)8-5-9-19(13)25-21(27)17-12-14(22)10-11-18(17)23/h2-12H,1H3,(H,24,26)(H,25,27). The molecule has 0 aromatic heterocycles. The lowest BCUT2D eigenvalue weighted by atomic mass is 10.1. The molecule has 27 heavy (non-hydrogen) atoms. The van der Waals surface area contributed by atoms with Gasteiger partial charge < -0.3 is 10.6 Å². The molecule has 0 aliphatic carbocycles. The summed E-state index contributed by atoms with van der Waals surface area (Å²) in [4.78, 5) is 25.0. The first-order chi connectivity index (χ1) is 13.0. The minimum absolute atomic E-state index is 0.0806. The molecular weight excluding hydrogens is 411 g/mol. The van der Waals surface area contributed by atoms with Gasteiger partial charge in [-0.15, -0.1) is 0 Å². The fourth-order valence-corrected chi connectivity index (χ4v) is 2.96. The second kappa shape index (κ2) is 8.14. The van der Waals surface area contributed by atoms with Gasteiger partial charge in [-0.25, -0.2) is 4.39 Å². The van der Waals surface area contributed by atoms with E-state index in [-0.39, 0.29) is 11.5 Å². The molecular formula is C21H16BrFN2O2. The Bertz CT molecular complexity index is 1010. The maximum atomic E-state index is 13.9. The van der Waals surface area contributed by atoms with Gasteiger partial charge in [0.2, 0.25) is 0 Å². The van der Waals surface area contributed by atoms with Crippen LogP contribution < -0.4 is 10.6 Å². The fourth-order valence-electron chi connectivity index (χ4n) is 2.60. The summed E-state index contributed by atoms with van der Waals surface area (Å²) in [5.41, 5.74) is 2.05. The van der Waals surface area contributed by atoms with Crippen LogP contribution in [0.2, 0.25) is 0 Å². The molecule has 0 bridgehead atoms. The van der Waals surface area contributed by atoms with Crippen molar-refractivity contribution in [3.63, 3.8) is 0 Å². The Morgan fingerprint density at radius 2 is 1.56 bits per heavy atom. The number of rotatable bonds is 4. The van der Waals surface area contributed by atoms with Gasteiger partial charge in [0, 0.05) is 21.4 Å². The van der Waals surface area contributed by atoms with Gasteiger partial charge in [-0.1, -0.05) is 40.2 Å². The van der Waals surface area contributed by atoms with Crippen LogP contribution in [0.4, 0.5) is 15.8 Å². The Labute approximate surface area is 164 Å². The van der Waals surface area contributed by atoms with E-state index in [0.717, 1.165) is 0 Å². The quantitative estimate of drug-likeness (QED) is 0.586. The highest BCUT2D eigenvalue weighted by atomic mass is 79.9. The smallest absolute Gasteiger partial charge is 0.258 e. The molecule has 3 aromatic rings. The van der Waals surface area contributed by atoms with Crippen molar-refractivity contribution in [3.05, 3.63) is 93.7 Å². The van der Waals surface area contributed by atoms with Crippen molar-refractivity contribution in [1.82, 2.24) is 0 Å². The van der Waals surface area contributed by atoms with Gasteiger partial charge in [0.15, 0.2) is 0 Å². The third-order valence-corrected chi connectivity index (χ3v) is 4.52. The minimum Gasteiger partial charge on any atom is -0.322 e. The molecule has 0 unspecified atom stereocenters. The van der Waals surface area contributed by atoms with Crippen molar-refractivity contribution in [3.8, 4) is 0 Å². The molecule has 0 saturated carbocycles. The molecule has 4 nitrogen and oxygen atoms in total. The first-order valence-corrected chi connectivity index (χ1v) is 8.97. The largest absolute Gasteiger partial charge is 0.322 e. The predicted octanol–water partition coefficient (Wildman–Crippen LogP) is 5.40. The average Bonchev–Trinajstić information content (AvgIpc) is 2.66. The zero-order valence-electron chi connectivity index (χ0n) is 14.4. The van der Waals surface area contributed by atoms with E-state index in [4.69, 9.17) is 0 Å². The number of amides is 2. The number of halogens is 2. The van der Waals surface area contributed by atoms with Crippen molar-refractivity contribution in [2.24, 2.45) is 0 Å². The molecule has 3 rings (SSSR count). The Hall–Kier alpha value is -2.99. The summed E-state index contributed by atoms with van der Waals surface area (Å²) in [6.07, 6.45) is 0. The van der Waals surface area contributed by atoms with Crippen molar-refractivity contribution >= 4 is 39.1 Å². The van der Waals surface area contributed by atoms with Crippen LogP contribution in [0.15, 0.2) is 71.2 Å². The first-order valence-electron chi connectivity index (χ1n) is 8.18. The number of para-hydroxylation sites is 1. The van der Waals surface area contributed by atoms with Gasteiger partial charge in [0.1, 0.15) is 5.82 Å². The zero-order valence-corrected chi connectivity index (χ0v) is 16.0. The first kappa shape index (κ1) is 18.8. The molecule has 6 heteroatoms. The highest BCUT2D eigenvalue weighted by molar-refractivity contribution is 9.10. The van der Waals surface area contributed by atoms with Gasteiger partial charge >= 0.3 is 0 Å². The van der Waals surface area contributed by atoms with E-state index in [1.165, 1.54) is 18.2 Å². The second-order valence-electron chi connectivity index (χ2n) is 5.88. The van der Waals surface area contributed by atoms with E-state index in [9.17, 15) is 14.0 Å². The maximum Gasteiger partial charge on any atom is 0.258 e. The highest BCUT2D eigenvalue weighted by Gasteiger charge is 2.16. The molecule has 2 N–H and O–H groups in total. The molecule has 0 aliphatic rings. The summed E-state index contributed by atoms with van der Waals surface area (Å²) in [6, 6.07) is 18.2. The summed E-state index contributed by atoms with van der Waals surface area (Å²) in [7, 11) is 0. The third-order valence-electron chi connectivity index (χ3n) is 4.03. The van der Waals surface area contributed by atoms with E-state index >= 15 is 0 Å². The SMILES string of the molecule is Cc1c(NC(=O)c2cc(Br)ccc2F)cccc1C(=O)Nc1ccccc1. The summed E-state index contributed by atoms with van der Waals surface area (Å²) in [5, 5.41) is 5.48. The van der Waals surface area contributed by atoms with Gasteiger partial charge in [-0.3, -0.25) is 9.59 Å². The Morgan fingerprint density at radius 3 is 2.30 bits per heavy atom. The Kier molecular flexibility index (Phi) is 5.66. The number of anilines is 2. The normalized spacial score (nSPS) is 10.3. The van der Waals surface area contributed by atoms with Crippen LogP contribution in [0.25, 0.3) is 0 Å². The van der Waals surface area contributed by atoms with Crippen LogP contribution >= 0.6 is 15.9 Å². The minimum atomic E-state index is -0.619. The van der Waals surface area contributed by atoms with E-state index in [2.05, 4.69) is 26.6 Å². The summed E-state index contributed by atoms with van der Waals surface area (Å²) in [6.45, 7) is 1.73. The van der Waals surface area contributed by atoms with Gasteiger partial charge in [-0.05, 0) is 55.0 Å². The van der Waals surface area contributed by atoms with Crippen molar-refractivity contribution in [2.45, 2.75) is 6.92 Å². The van der Waals surface area contributed by atoms with Crippen molar-refractivity contribution < 1.29 is 14.0 Å². The van der Waals surface area contributed by atoms with E-state index in [1.807, 2.05) is 18.2 Å². The van der Waals surface area contributed by atoms with Crippen LogP contribution in [0, 0.1) is 12.7 Å². The predicted molar refractivity (Wildman–Crippen MR) is 108 cm³/mol. The van der Waals surface area contributed by atoms with E-state index in [0.29, 0.717) is 27.0 Å². The van der Waals surface area contributed by atoms with Crippen molar-refractivity contribution in [2.75, 3.05) is 10.6 Å². The molecule has 0 radical (unpaired) electrons. The molecule has 0 atom stereocenters. The van der Waals surface area contributed by atoms with Crippen LogP contribution in [0.3, 0.4) is 0 Å². The lowest BCUT2D eigenvalue weighted by Crippen LogP contribution is -2.17. The second-order valence-corrected chi connectivity index (χ2v) is 6.79. The molecule has 2 amide bonds. The topological polar surface area (TPSA) is 58.2 Å². The zero-order chi connectivity index (χ0) is 19.4. The maximum absolute atomic E-state index is 13.9. The van der Waals surface area contributed by atoms with Gasteiger partial charge in [-0.2, -0.15) is 0 Å². The van der Waals surface area contributed by atoms with E-state index < -0.39 is 11.7 Å². The molecule has 0 fully saturated rings. The van der Waals surface area contributed by atoms with Gasteiger partial charge in [0.25, 0.3) is 11.8 Å². The van der Waals surface area contributed by atoms with Crippen LogP contribution in [0.1, 0.15) is 26.3 Å². The molecule has 0 aliphatic heterocycles. The monoisotopic (exact) mass is 426 g/mol. The fraction of sp³-hybridized carbons (Fsp3) is 0.0476.